The van der Waals surface area contributed by atoms with E-state index in [9.17, 15) is 9.90 Å². The van der Waals surface area contributed by atoms with E-state index in [1.54, 1.807) is 13.0 Å². The molecular formula is C14H19ClN2O2. The van der Waals surface area contributed by atoms with Gasteiger partial charge < -0.3 is 10.0 Å². The summed E-state index contributed by atoms with van der Waals surface area (Å²) in [5.74, 6) is 0.301. The number of piperazine rings is 1. The number of benzene rings is 1. The van der Waals surface area contributed by atoms with Crippen LogP contribution in [0, 0.1) is 6.92 Å². The molecule has 1 fully saturated rings. The molecule has 1 aromatic rings. The molecule has 1 aliphatic heterocycles. The fourth-order valence-electron chi connectivity index (χ4n) is 2.38. The topological polar surface area (TPSA) is 43.8 Å². The molecule has 1 amide bonds. The molecule has 0 spiro atoms. The average molecular weight is 283 g/mol. The lowest BCUT2D eigenvalue weighted by atomic mass is 10.1. The predicted molar refractivity (Wildman–Crippen MR) is 75.4 cm³/mol. The third kappa shape index (κ3) is 3.39. The second kappa shape index (κ2) is 5.80. The van der Waals surface area contributed by atoms with Crippen molar-refractivity contribution in [2.75, 3.05) is 26.2 Å². The van der Waals surface area contributed by atoms with E-state index >= 15 is 0 Å². The molecule has 0 aliphatic carbocycles. The van der Waals surface area contributed by atoms with Gasteiger partial charge in [-0.1, -0.05) is 17.7 Å². The van der Waals surface area contributed by atoms with Crippen LogP contribution in [0.2, 0.25) is 5.02 Å². The first-order chi connectivity index (χ1) is 8.97. The number of phenols is 1. The summed E-state index contributed by atoms with van der Waals surface area (Å²) < 4.78 is 0. The van der Waals surface area contributed by atoms with Crippen LogP contribution in [0.25, 0.3) is 0 Å². The summed E-state index contributed by atoms with van der Waals surface area (Å²) in [4.78, 5) is 15.4. The number of carbonyl (C=O) groups is 1. The minimum atomic E-state index is 0.142. The molecule has 1 aromatic carbocycles. The molecule has 5 heteroatoms. The molecule has 0 aromatic heterocycles. The summed E-state index contributed by atoms with van der Waals surface area (Å²) in [5.41, 5.74) is 1.89. The minimum Gasteiger partial charge on any atom is -0.506 e. The second-order valence-electron chi connectivity index (χ2n) is 5.03. The molecule has 0 radical (unpaired) electrons. The number of rotatable bonds is 2. The summed E-state index contributed by atoms with van der Waals surface area (Å²) in [7, 11) is 0. The fraction of sp³-hybridized carbons (Fsp3) is 0.500. The van der Waals surface area contributed by atoms with Crippen molar-refractivity contribution in [3.8, 4) is 5.75 Å². The first-order valence-corrected chi connectivity index (χ1v) is 6.81. The van der Waals surface area contributed by atoms with Crippen molar-refractivity contribution in [2.24, 2.45) is 0 Å². The van der Waals surface area contributed by atoms with Crippen molar-refractivity contribution in [1.82, 2.24) is 9.80 Å². The third-order valence-corrected chi connectivity index (χ3v) is 3.83. The second-order valence-corrected chi connectivity index (χ2v) is 5.43. The Kier molecular flexibility index (Phi) is 4.32. The molecule has 104 valence electrons. The molecule has 0 bridgehead atoms. The zero-order chi connectivity index (χ0) is 14.0. The molecule has 19 heavy (non-hydrogen) atoms. The Morgan fingerprint density at radius 2 is 1.95 bits per heavy atom. The van der Waals surface area contributed by atoms with Crippen LogP contribution < -0.4 is 0 Å². The van der Waals surface area contributed by atoms with E-state index in [0.29, 0.717) is 5.02 Å². The van der Waals surface area contributed by atoms with Gasteiger partial charge in [-0.05, 0) is 24.1 Å². The Hall–Kier alpha value is -1.26. The van der Waals surface area contributed by atoms with Gasteiger partial charge in [0, 0.05) is 39.6 Å². The van der Waals surface area contributed by atoms with E-state index in [1.165, 1.54) is 0 Å². The normalized spacial score (nSPS) is 16.7. The van der Waals surface area contributed by atoms with Crippen molar-refractivity contribution < 1.29 is 9.90 Å². The Morgan fingerprint density at radius 1 is 1.32 bits per heavy atom. The maximum atomic E-state index is 11.3. The van der Waals surface area contributed by atoms with Crippen LogP contribution in [0.15, 0.2) is 12.1 Å². The Morgan fingerprint density at radius 3 is 2.47 bits per heavy atom. The van der Waals surface area contributed by atoms with Crippen LogP contribution >= 0.6 is 11.6 Å². The maximum Gasteiger partial charge on any atom is 0.219 e. The lowest BCUT2D eigenvalue weighted by Gasteiger charge is -2.34. The number of halogens is 1. The lowest BCUT2D eigenvalue weighted by Crippen LogP contribution is -2.47. The van der Waals surface area contributed by atoms with E-state index in [2.05, 4.69) is 4.90 Å². The number of hydrogen-bond acceptors (Lipinski definition) is 3. The van der Waals surface area contributed by atoms with Crippen LogP contribution in [-0.4, -0.2) is 47.0 Å². The highest BCUT2D eigenvalue weighted by atomic mass is 35.5. The average Bonchev–Trinajstić information content (AvgIpc) is 2.36. The maximum absolute atomic E-state index is 11.3. The zero-order valence-electron chi connectivity index (χ0n) is 11.3. The van der Waals surface area contributed by atoms with E-state index in [-0.39, 0.29) is 11.7 Å². The lowest BCUT2D eigenvalue weighted by molar-refractivity contribution is -0.130. The Bertz CT molecular complexity index is 459. The van der Waals surface area contributed by atoms with E-state index in [4.69, 9.17) is 11.6 Å². The third-order valence-electron chi connectivity index (χ3n) is 3.54. The van der Waals surface area contributed by atoms with Crippen LogP contribution in [-0.2, 0) is 11.3 Å². The van der Waals surface area contributed by atoms with Crippen LogP contribution in [0.4, 0.5) is 0 Å². The summed E-state index contributed by atoms with van der Waals surface area (Å²) >= 11 is 5.98. The summed E-state index contributed by atoms with van der Waals surface area (Å²) in [5, 5.41) is 10.0. The standard InChI is InChI=1S/C14H19ClN2O2/c1-10-7-12(8-13(15)14(10)19)9-16-3-5-17(6-4-16)11(2)18/h7-8,19H,3-6,9H2,1-2H3. The fourth-order valence-corrected chi connectivity index (χ4v) is 2.67. The zero-order valence-corrected chi connectivity index (χ0v) is 12.1. The highest BCUT2D eigenvalue weighted by molar-refractivity contribution is 6.32. The summed E-state index contributed by atoms with van der Waals surface area (Å²) in [6.45, 7) is 7.55. The van der Waals surface area contributed by atoms with Gasteiger partial charge in [-0.3, -0.25) is 9.69 Å². The van der Waals surface area contributed by atoms with Crippen LogP contribution in [0.5, 0.6) is 5.75 Å². The number of hydrogen-bond donors (Lipinski definition) is 1. The van der Waals surface area contributed by atoms with Gasteiger partial charge in [-0.25, -0.2) is 0 Å². The molecule has 1 aliphatic rings. The van der Waals surface area contributed by atoms with Gasteiger partial charge in [0.05, 0.1) is 5.02 Å². The first kappa shape index (κ1) is 14.2. The molecule has 1 saturated heterocycles. The number of nitrogens with zero attached hydrogens (tertiary/aromatic N) is 2. The number of aromatic hydroxyl groups is 1. The molecule has 1 N–H and O–H groups in total. The minimum absolute atomic E-state index is 0.142. The van der Waals surface area contributed by atoms with E-state index < -0.39 is 0 Å². The monoisotopic (exact) mass is 282 g/mol. The number of phenolic OH excluding ortho intramolecular Hbond substituents is 1. The summed E-state index contributed by atoms with van der Waals surface area (Å²) in [6.07, 6.45) is 0. The van der Waals surface area contributed by atoms with Crippen LogP contribution in [0.1, 0.15) is 18.1 Å². The molecule has 0 atom stereocenters. The molecule has 1 heterocycles. The highest BCUT2D eigenvalue weighted by Crippen LogP contribution is 2.28. The van der Waals surface area contributed by atoms with Gasteiger partial charge in [0.25, 0.3) is 0 Å². The number of amides is 1. The summed E-state index contributed by atoms with van der Waals surface area (Å²) in [6, 6.07) is 3.76. The Labute approximate surface area is 118 Å². The van der Waals surface area contributed by atoms with E-state index in [1.807, 2.05) is 17.9 Å². The van der Waals surface area contributed by atoms with Gasteiger partial charge in [0.2, 0.25) is 5.91 Å². The van der Waals surface area contributed by atoms with Gasteiger partial charge in [0.15, 0.2) is 0 Å². The SMILES string of the molecule is CC(=O)N1CCN(Cc2cc(C)c(O)c(Cl)c2)CC1. The van der Waals surface area contributed by atoms with Crippen molar-refractivity contribution >= 4 is 17.5 Å². The number of carbonyl (C=O) groups excluding carboxylic acids is 1. The van der Waals surface area contributed by atoms with E-state index in [0.717, 1.165) is 43.9 Å². The first-order valence-electron chi connectivity index (χ1n) is 6.43. The largest absolute Gasteiger partial charge is 0.506 e. The quantitative estimate of drug-likeness (QED) is 0.902. The van der Waals surface area contributed by atoms with Crippen molar-refractivity contribution in [3.63, 3.8) is 0 Å². The van der Waals surface area contributed by atoms with Gasteiger partial charge in [-0.2, -0.15) is 0 Å². The molecular weight excluding hydrogens is 264 g/mol. The van der Waals surface area contributed by atoms with Gasteiger partial charge in [-0.15, -0.1) is 0 Å². The van der Waals surface area contributed by atoms with Gasteiger partial charge >= 0.3 is 0 Å². The predicted octanol–water partition coefficient (Wildman–Crippen LogP) is 2.02. The van der Waals surface area contributed by atoms with Crippen LogP contribution in [0.3, 0.4) is 0 Å². The Balaban J connectivity index is 1.98. The molecule has 4 nitrogen and oxygen atoms in total. The van der Waals surface area contributed by atoms with Crippen molar-refractivity contribution in [3.05, 3.63) is 28.3 Å². The molecule has 2 rings (SSSR count). The number of aryl methyl sites for hydroxylation is 1. The smallest absolute Gasteiger partial charge is 0.219 e. The van der Waals surface area contributed by atoms with Crippen molar-refractivity contribution in [1.29, 1.82) is 0 Å². The molecule has 0 unspecified atom stereocenters. The highest BCUT2D eigenvalue weighted by Gasteiger charge is 2.18. The van der Waals surface area contributed by atoms with Gasteiger partial charge in [0.1, 0.15) is 5.75 Å². The van der Waals surface area contributed by atoms with Crippen molar-refractivity contribution in [2.45, 2.75) is 20.4 Å². The molecule has 0 saturated carbocycles.